The summed E-state index contributed by atoms with van der Waals surface area (Å²) in [5.41, 5.74) is 2.86. The minimum absolute atomic E-state index is 0.00714. The topological polar surface area (TPSA) is 83.0 Å². The molecule has 0 saturated heterocycles. The van der Waals surface area contributed by atoms with Crippen LogP contribution in [0.5, 0.6) is 0 Å². The van der Waals surface area contributed by atoms with E-state index < -0.39 is 5.97 Å². The van der Waals surface area contributed by atoms with Crippen LogP contribution in [0.4, 0.5) is 0 Å². The van der Waals surface area contributed by atoms with E-state index in [1.165, 1.54) is 4.80 Å². The number of esters is 1. The fourth-order valence-corrected chi connectivity index (χ4v) is 2.57. The summed E-state index contributed by atoms with van der Waals surface area (Å²) < 4.78 is 10.6. The summed E-state index contributed by atoms with van der Waals surface area (Å²) in [4.78, 5) is 13.8. The van der Waals surface area contributed by atoms with Crippen LogP contribution in [0.1, 0.15) is 21.9 Å². The quantitative estimate of drug-likeness (QED) is 0.506. The van der Waals surface area contributed by atoms with E-state index in [1.807, 2.05) is 60.7 Å². The Bertz CT molecular complexity index is 1060. The molecule has 0 bridgehead atoms. The zero-order valence-corrected chi connectivity index (χ0v) is 14.6. The third-order valence-corrected chi connectivity index (χ3v) is 3.93. The lowest BCUT2D eigenvalue weighted by molar-refractivity contribution is 0.0456. The Morgan fingerprint density at radius 2 is 1.74 bits per heavy atom. The first-order valence-corrected chi connectivity index (χ1v) is 8.38. The Labute approximate surface area is 155 Å². The van der Waals surface area contributed by atoms with Crippen molar-refractivity contribution < 1.29 is 14.1 Å². The number of carbonyl (C=O) groups excluding carboxylic acids is 1. The van der Waals surface area contributed by atoms with Crippen molar-refractivity contribution in [2.45, 2.75) is 13.5 Å². The Kier molecular flexibility index (Phi) is 4.49. The number of para-hydroxylation sites is 1. The van der Waals surface area contributed by atoms with Crippen molar-refractivity contribution in [2.24, 2.45) is 0 Å². The largest absolute Gasteiger partial charge is 0.454 e. The highest BCUT2D eigenvalue weighted by Gasteiger charge is 2.18. The van der Waals surface area contributed by atoms with Gasteiger partial charge in [0.1, 0.15) is 12.3 Å². The molecule has 27 heavy (non-hydrogen) atoms. The van der Waals surface area contributed by atoms with E-state index in [0.29, 0.717) is 17.1 Å². The fourth-order valence-electron chi connectivity index (χ4n) is 2.57. The first-order chi connectivity index (χ1) is 13.2. The molecule has 0 amide bonds. The van der Waals surface area contributed by atoms with Crippen molar-refractivity contribution >= 4 is 5.97 Å². The van der Waals surface area contributed by atoms with Crippen LogP contribution in [0.3, 0.4) is 0 Å². The van der Waals surface area contributed by atoms with Gasteiger partial charge in [0.15, 0.2) is 11.5 Å². The minimum atomic E-state index is -0.557. The minimum Gasteiger partial charge on any atom is -0.454 e. The Morgan fingerprint density at radius 1 is 1.04 bits per heavy atom. The molecule has 0 saturated carbocycles. The molecule has 4 aromatic rings. The third-order valence-electron chi connectivity index (χ3n) is 3.93. The molecular formula is C20H16N4O3. The van der Waals surface area contributed by atoms with Crippen LogP contribution >= 0.6 is 0 Å². The molecule has 7 heteroatoms. The number of carbonyl (C=O) groups is 1. The summed E-state index contributed by atoms with van der Waals surface area (Å²) in [6.45, 7) is 1.71. The van der Waals surface area contributed by atoms with Crippen molar-refractivity contribution in [1.82, 2.24) is 20.2 Å². The standard InChI is InChI=1S/C20H16N4O3/c1-14-19(22-24(21-14)17-10-6-3-7-11-17)20(25)26-13-16-12-18(27-23-16)15-8-4-2-5-9-15/h2-12H,13H2,1H3. The van der Waals surface area contributed by atoms with Crippen molar-refractivity contribution in [3.8, 4) is 17.0 Å². The van der Waals surface area contributed by atoms with Crippen molar-refractivity contribution in [3.05, 3.63) is 83.8 Å². The van der Waals surface area contributed by atoms with Gasteiger partial charge in [0.2, 0.25) is 0 Å². The number of hydrogen-bond acceptors (Lipinski definition) is 6. The van der Waals surface area contributed by atoms with Crippen LogP contribution in [0.15, 0.2) is 71.3 Å². The maximum Gasteiger partial charge on any atom is 0.361 e. The van der Waals surface area contributed by atoms with E-state index in [4.69, 9.17) is 9.26 Å². The van der Waals surface area contributed by atoms with Crippen LogP contribution in [0.2, 0.25) is 0 Å². The molecule has 0 atom stereocenters. The molecule has 0 radical (unpaired) electrons. The van der Waals surface area contributed by atoms with E-state index in [1.54, 1.807) is 13.0 Å². The lowest BCUT2D eigenvalue weighted by Crippen LogP contribution is -2.08. The average Bonchev–Trinajstić information content (AvgIpc) is 3.34. The highest BCUT2D eigenvalue weighted by atomic mass is 16.5. The predicted octanol–water partition coefficient (Wildman–Crippen LogP) is 3.59. The summed E-state index contributed by atoms with van der Waals surface area (Å²) in [7, 11) is 0. The molecular weight excluding hydrogens is 344 g/mol. The van der Waals surface area contributed by atoms with Crippen LogP contribution in [0.25, 0.3) is 17.0 Å². The molecule has 0 unspecified atom stereocenters. The highest BCUT2D eigenvalue weighted by Crippen LogP contribution is 2.20. The van der Waals surface area contributed by atoms with Gasteiger partial charge in [0, 0.05) is 11.6 Å². The summed E-state index contributed by atoms with van der Waals surface area (Å²) in [5.74, 6) is 0.0618. The first-order valence-electron chi connectivity index (χ1n) is 8.38. The van der Waals surface area contributed by atoms with Gasteiger partial charge in [-0.25, -0.2) is 4.79 Å². The molecule has 0 aliphatic carbocycles. The maximum atomic E-state index is 12.4. The zero-order chi connectivity index (χ0) is 18.6. The van der Waals surface area contributed by atoms with Gasteiger partial charge in [0.25, 0.3) is 0 Å². The predicted molar refractivity (Wildman–Crippen MR) is 97.2 cm³/mol. The van der Waals surface area contributed by atoms with E-state index in [-0.39, 0.29) is 12.3 Å². The van der Waals surface area contributed by atoms with Crippen LogP contribution in [-0.4, -0.2) is 26.1 Å². The molecule has 7 nitrogen and oxygen atoms in total. The smallest absolute Gasteiger partial charge is 0.361 e. The Balaban J connectivity index is 1.45. The number of rotatable bonds is 5. The second-order valence-corrected chi connectivity index (χ2v) is 5.88. The van der Waals surface area contributed by atoms with Gasteiger partial charge in [-0.3, -0.25) is 0 Å². The van der Waals surface area contributed by atoms with Gasteiger partial charge in [-0.15, -0.1) is 5.10 Å². The second kappa shape index (κ2) is 7.25. The molecule has 0 N–H and O–H groups in total. The van der Waals surface area contributed by atoms with E-state index in [9.17, 15) is 4.79 Å². The number of hydrogen-bond donors (Lipinski definition) is 0. The van der Waals surface area contributed by atoms with Crippen LogP contribution in [0, 0.1) is 6.92 Å². The monoisotopic (exact) mass is 360 g/mol. The molecule has 2 heterocycles. The maximum absolute atomic E-state index is 12.4. The number of aryl methyl sites for hydroxylation is 1. The van der Waals surface area contributed by atoms with Crippen molar-refractivity contribution in [3.63, 3.8) is 0 Å². The molecule has 0 aliphatic heterocycles. The number of aromatic nitrogens is 4. The first kappa shape index (κ1) is 16.7. The summed E-state index contributed by atoms with van der Waals surface area (Å²) in [6.07, 6.45) is 0. The molecule has 0 fully saturated rings. The molecule has 2 aromatic carbocycles. The van der Waals surface area contributed by atoms with Gasteiger partial charge in [-0.2, -0.15) is 9.90 Å². The van der Waals surface area contributed by atoms with E-state index in [2.05, 4.69) is 15.4 Å². The van der Waals surface area contributed by atoms with Gasteiger partial charge in [-0.05, 0) is 19.1 Å². The van der Waals surface area contributed by atoms with Gasteiger partial charge in [-0.1, -0.05) is 53.7 Å². The summed E-state index contributed by atoms with van der Waals surface area (Å²) >= 11 is 0. The van der Waals surface area contributed by atoms with Crippen molar-refractivity contribution in [2.75, 3.05) is 0 Å². The highest BCUT2D eigenvalue weighted by molar-refractivity contribution is 5.88. The number of ether oxygens (including phenoxy) is 1. The Hall–Kier alpha value is -3.74. The van der Waals surface area contributed by atoms with Crippen molar-refractivity contribution in [1.29, 1.82) is 0 Å². The molecule has 0 aliphatic rings. The third kappa shape index (κ3) is 3.62. The van der Waals surface area contributed by atoms with Crippen LogP contribution < -0.4 is 0 Å². The van der Waals surface area contributed by atoms with Crippen LogP contribution in [-0.2, 0) is 11.3 Å². The number of benzene rings is 2. The SMILES string of the molecule is Cc1nn(-c2ccccc2)nc1C(=O)OCc1cc(-c2ccccc2)on1. The van der Waals surface area contributed by atoms with E-state index in [0.717, 1.165) is 11.3 Å². The van der Waals surface area contributed by atoms with E-state index >= 15 is 0 Å². The zero-order valence-electron chi connectivity index (χ0n) is 14.6. The normalized spacial score (nSPS) is 10.7. The fraction of sp³-hybridized carbons (Fsp3) is 0.100. The second-order valence-electron chi connectivity index (χ2n) is 5.88. The molecule has 4 rings (SSSR count). The lowest BCUT2D eigenvalue weighted by Gasteiger charge is -1.99. The molecule has 2 aromatic heterocycles. The van der Waals surface area contributed by atoms with Gasteiger partial charge < -0.3 is 9.26 Å². The summed E-state index contributed by atoms with van der Waals surface area (Å²) in [6, 6.07) is 20.7. The Morgan fingerprint density at radius 3 is 2.48 bits per heavy atom. The van der Waals surface area contributed by atoms with Gasteiger partial charge >= 0.3 is 5.97 Å². The molecule has 0 spiro atoms. The number of nitrogens with zero attached hydrogens (tertiary/aromatic N) is 4. The average molecular weight is 360 g/mol. The lowest BCUT2D eigenvalue weighted by atomic mass is 10.2. The molecule has 134 valence electrons. The summed E-state index contributed by atoms with van der Waals surface area (Å²) in [5, 5.41) is 12.4. The van der Waals surface area contributed by atoms with Gasteiger partial charge in [0.05, 0.1) is 11.4 Å².